The molecule has 3 heteroatoms. The highest BCUT2D eigenvalue weighted by atomic mass is 16.6. The Hall–Kier alpha value is -0.570. The molecule has 2 N–H and O–H groups in total. The monoisotopic (exact) mass is 213 g/mol. The number of nitrogens with two attached hydrogens (primary N) is 1. The molecular weight excluding hydrogens is 190 g/mol. The van der Waals surface area contributed by atoms with Crippen LogP contribution in [0, 0.1) is 11.8 Å². The molecule has 1 rings (SSSR count). The van der Waals surface area contributed by atoms with Crippen LogP contribution in [0.2, 0.25) is 0 Å². The van der Waals surface area contributed by atoms with Crippen molar-refractivity contribution in [3.05, 3.63) is 0 Å². The van der Waals surface area contributed by atoms with Gasteiger partial charge in [-0.1, -0.05) is 6.42 Å². The minimum absolute atomic E-state index is 0.0411. The van der Waals surface area contributed by atoms with Crippen molar-refractivity contribution in [3.63, 3.8) is 0 Å². The summed E-state index contributed by atoms with van der Waals surface area (Å²) < 4.78 is 5.39. The maximum absolute atomic E-state index is 11.8. The zero-order chi connectivity index (χ0) is 11.5. The van der Waals surface area contributed by atoms with Crippen molar-refractivity contribution in [1.29, 1.82) is 0 Å². The summed E-state index contributed by atoms with van der Waals surface area (Å²) in [6.07, 6.45) is 4.14. The van der Waals surface area contributed by atoms with Crippen molar-refractivity contribution >= 4 is 5.97 Å². The highest BCUT2D eigenvalue weighted by molar-refractivity contribution is 5.73. The molecule has 0 bridgehead atoms. The van der Waals surface area contributed by atoms with E-state index in [0.717, 1.165) is 25.7 Å². The smallest absolute Gasteiger partial charge is 0.309 e. The zero-order valence-corrected chi connectivity index (χ0v) is 10.1. The average Bonchev–Trinajstić information content (AvgIpc) is 2.15. The topological polar surface area (TPSA) is 52.3 Å². The minimum Gasteiger partial charge on any atom is -0.460 e. The minimum atomic E-state index is -0.368. The van der Waals surface area contributed by atoms with Crippen LogP contribution in [0.15, 0.2) is 0 Å². The van der Waals surface area contributed by atoms with E-state index in [1.165, 1.54) is 0 Å². The Morgan fingerprint density at radius 3 is 2.60 bits per heavy atom. The predicted octanol–water partition coefficient (Wildman–Crippen LogP) is 2.09. The molecule has 1 fully saturated rings. The summed E-state index contributed by atoms with van der Waals surface area (Å²) in [4.78, 5) is 11.8. The van der Waals surface area contributed by atoms with Crippen LogP contribution in [0.1, 0.15) is 46.5 Å². The van der Waals surface area contributed by atoms with E-state index in [9.17, 15) is 4.79 Å². The molecule has 15 heavy (non-hydrogen) atoms. The lowest BCUT2D eigenvalue weighted by atomic mass is 9.81. The summed E-state index contributed by atoms with van der Waals surface area (Å²) in [7, 11) is 0. The first-order valence-corrected chi connectivity index (χ1v) is 5.85. The van der Waals surface area contributed by atoms with Gasteiger partial charge in [-0.05, 0) is 52.5 Å². The SMILES string of the molecule is CC(C)(C)OC(=O)C1CCCC(CN)C1. The lowest BCUT2D eigenvalue weighted by molar-refractivity contribution is -0.161. The van der Waals surface area contributed by atoms with Crippen molar-refractivity contribution in [1.82, 2.24) is 0 Å². The van der Waals surface area contributed by atoms with Crippen molar-refractivity contribution in [2.24, 2.45) is 17.6 Å². The quantitative estimate of drug-likeness (QED) is 0.715. The average molecular weight is 213 g/mol. The van der Waals surface area contributed by atoms with E-state index in [0.29, 0.717) is 12.5 Å². The van der Waals surface area contributed by atoms with E-state index in [-0.39, 0.29) is 17.5 Å². The number of carbonyl (C=O) groups excluding carboxylic acids is 1. The fourth-order valence-corrected chi connectivity index (χ4v) is 2.10. The van der Waals surface area contributed by atoms with Gasteiger partial charge in [0.25, 0.3) is 0 Å². The van der Waals surface area contributed by atoms with Gasteiger partial charge in [0, 0.05) is 0 Å². The van der Waals surface area contributed by atoms with Gasteiger partial charge in [0.05, 0.1) is 5.92 Å². The summed E-state index contributed by atoms with van der Waals surface area (Å²) in [6, 6.07) is 0. The van der Waals surface area contributed by atoms with E-state index in [4.69, 9.17) is 10.5 Å². The maximum Gasteiger partial charge on any atom is 0.309 e. The van der Waals surface area contributed by atoms with Gasteiger partial charge in [-0.15, -0.1) is 0 Å². The van der Waals surface area contributed by atoms with Gasteiger partial charge in [-0.3, -0.25) is 4.79 Å². The van der Waals surface area contributed by atoms with E-state index in [1.807, 2.05) is 20.8 Å². The molecule has 0 aliphatic heterocycles. The number of hydrogen-bond donors (Lipinski definition) is 1. The van der Waals surface area contributed by atoms with E-state index >= 15 is 0 Å². The third kappa shape index (κ3) is 4.20. The third-order valence-corrected chi connectivity index (χ3v) is 2.86. The van der Waals surface area contributed by atoms with Crippen LogP contribution < -0.4 is 5.73 Å². The molecular formula is C12H23NO2. The van der Waals surface area contributed by atoms with Gasteiger partial charge in [0.2, 0.25) is 0 Å². The first kappa shape index (κ1) is 12.5. The van der Waals surface area contributed by atoms with E-state index in [2.05, 4.69) is 0 Å². The summed E-state index contributed by atoms with van der Waals surface area (Å²) in [5.74, 6) is 0.545. The Kier molecular flexibility index (Phi) is 4.14. The second-order valence-corrected chi connectivity index (χ2v) is 5.50. The third-order valence-electron chi connectivity index (χ3n) is 2.86. The number of hydrogen-bond acceptors (Lipinski definition) is 3. The van der Waals surface area contributed by atoms with Crippen LogP contribution in [0.25, 0.3) is 0 Å². The van der Waals surface area contributed by atoms with Crippen LogP contribution in [0.5, 0.6) is 0 Å². The largest absolute Gasteiger partial charge is 0.460 e. The zero-order valence-electron chi connectivity index (χ0n) is 10.1. The first-order chi connectivity index (χ1) is 6.92. The first-order valence-electron chi connectivity index (χ1n) is 5.85. The fraction of sp³-hybridized carbons (Fsp3) is 0.917. The molecule has 88 valence electrons. The fourth-order valence-electron chi connectivity index (χ4n) is 2.10. The number of esters is 1. The van der Waals surface area contributed by atoms with Crippen LogP contribution in [-0.2, 0) is 9.53 Å². The normalized spacial score (nSPS) is 27.5. The van der Waals surface area contributed by atoms with Crippen LogP contribution in [-0.4, -0.2) is 18.1 Å². The molecule has 0 aromatic carbocycles. The van der Waals surface area contributed by atoms with Gasteiger partial charge in [-0.25, -0.2) is 0 Å². The molecule has 0 spiro atoms. The molecule has 3 nitrogen and oxygen atoms in total. The Morgan fingerprint density at radius 2 is 2.07 bits per heavy atom. The Bertz CT molecular complexity index is 220. The molecule has 0 heterocycles. The molecule has 0 amide bonds. The van der Waals surface area contributed by atoms with Crippen LogP contribution in [0.3, 0.4) is 0 Å². The highest BCUT2D eigenvalue weighted by Crippen LogP contribution is 2.30. The number of rotatable bonds is 2. The molecule has 0 aromatic heterocycles. The van der Waals surface area contributed by atoms with Gasteiger partial charge in [0.1, 0.15) is 5.60 Å². The molecule has 1 aliphatic rings. The maximum atomic E-state index is 11.8. The lowest BCUT2D eigenvalue weighted by Gasteiger charge is -2.29. The van der Waals surface area contributed by atoms with Gasteiger partial charge < -0.3 is 10.5 Å². The van der Waals surface area contributed by atoms with E-state index < -0.39 is 0 Å². The predicted molar refractivity (Wildman–Crippen MR) is 60.3 cm³/mol. The van der Waals surface area contributed by atoms with Crippen LogP contribution in [0.4, 0.5) is 0 Å². The Balaban J connectivity index is 2.45. The number of ether oxygens (including phenoxy) is 1. The lowest BCUT2D eigenvalue weighted by Crippen LogP contribution is -2.33. The summed E-state index contributed by atoms with van der Waals surface area (Å²) in [5.41, 5.74) is 5.27. The number of carbonyl (C=O) groups is 1. The Labute approximate surface area is 92.4 Å². The van der Waals surface area contributed by atoms with Gasteiger partial charge in [0.15, 0.2) is 0 Å². The second kappa shape index (κ2) is 4.97. The van der Waals surface area contributed by atoms with Crippen molar-refractivity contribution in [2.75, 3.05) is 6.54 Å². The molecule has 0 aromatic rings. The van der Waals surface area contributed by atoms with Crippen LogP contribution >= 0.6 is 0 Å². The molecule has 2 atom stereocenters. The summed E-state index contributed by atoms with van der Waals surface area (Å²) in [5, 5.41) is 0. The van der Waals surface area contributed by atoms with Gasteiger partial charge in [-0.2, -0.15) is 0 Å². The highest BCUT2D eigenvalue weighted by Gasteiger charge is 2.29. The summed E-state index contributed by atoms with van der Waals surface area (Å²) >= 11 is 0. The molecule has 0 saturated heterocycles. The van der Waals surface area contributed by atoms with Crippen molar-refractivity contribution in [2.45, 2.75) is 52.1 Å². The molecule has 2 unspecified atom stereocenters. The summed E-state index contributed by atoms with van der Waals surface area (Å²) in [6.45, 7) is 6.43. The molecule has 0 radical (unpaired) electrons. The Morgan fingerprint density at radius 1 is 1.40 bits per heavy atom. The second-order valence-electron chi connectivity index (χ2n) is 5.50. The standard InChI is InChI=1S/C12H23NO2/c1-12(2,3)15-11(14)10-6-4-5-9(7-10)8-13/h9-10H,4-8,13H2,1-3H3. The molecule has 1 aliphatic carbocycles. The van der Waals surface area contributed by atoms with Crippen molar-refractivity contribution < 1.29 is 9.53 Å². The van der Waals surface area contributed by atoms with Crippen molar-refractivity contribution in [3.8, 4) is 0 Å². The van der Waals surface area contributed by atoms with E-state index in [1.54, 1.807) is 0 Å². The van der Waals surface area contributed by atoms with Gasteiger partial charge >= 0.3 is 5.97 Å². The molecule has 1 saturated carbocycles.